The molecule has 1 saturated heterocycles. The number of hydrogen-bond acceptors (Lipinski definition) is 5. The number of nitrogens with one attached hydrogen (secondary N) is 2. The van der Waals surface area contributed by atoms with Crippen LogP contribution in [0.25, 0.3) is 11.0 Å². The lowest BCUT2D eigenvalue weighted by Crippen LogP contribution is -2.38. The third kappa shape index (κ3) is 4.51. The minimum absolute atomic E-state index is 0.0292. The smallest absolute Gasteiger partial charge is 0.227 e. The van der Waals surface area contributed by atoms with Crippen molar-refractivity contribution in [2.75, 3.05) is 28.6 Å². The fourth-order valence-electron chi connectivity index (χ4n) is 3.56. The van der Waals surface area contributed by atoms with Crippen LogP contribution >= 0.6 is 0 Å². The van der Waals surface area contributed by atoms with E-state index in [1.165, 1.54) is 6.92 Å². The van der Waals surface area contributed by atoms with E-state index in [-0.39, 0.29) is 17.7 Å². The number of amides is 2. The molecule has 7 heteroatoms. The fourth-order valence-corrected chi connectivity index (χ4v) is 3.56. The second kappa shape index (κ2) is 8.26. The average molecular weight is 389 g/mol. The Morgan fingerprint density at radius 1 is 0.931 bits per heavy atom. The first-order valence-electron chi connectivity index (χ1n) is 9.74. The van der Waals surface area contributed by atoms with Gasteiger partial charge in [-0.05, 0) is 49.2 Å². The summed E-state index contributed by atoms with van der Waals surface area (Å²) in [6, 6.07) is 15.0. The number of rotatable bonds is 4. The first-order chi connectivity index (χ1) is 14.1. The third-order valence-electron chi connectivity index (χ3n) is 5.10. The molecule has 0 saturated carbocycles. The minimum Gasteiger partial charge on any atom is -0.355 e. The molecule has 29 heavy (non-hydrogen) atoms. The summed E-state index contributed by atoms with van der Waals surface area (Å²) in [4.78, 5) is 35.1. The Bertz CT molecular complexity index is 1030. The molecule has 0 radical (unpaired) electrons. The van der Waals surface area contributed by atoms with Crippen LogP contribution in [0.1, 0.15) is 19.8 Å². The zero-order valence-corrected chi connectivity index (χ0v) is 16.3. The Morgan fingerprint density at radius 2 is 1.55 bits per heavy atom. The van der Waals surface area contributed by atoms with Gasteiger partial charge in [0.25, 0.3) is 0 Å². The maximum Gasteiger partial charge on any atom is 0.227 e. The zero-order chi connectivity index (χ0) is 20.2. The molecule has 0 spiro atoms. The number of aromatic nitrogens is 2. The molecule has 4 rings (SSSR count). The Morgan fingerprint density at radius 3 is 2.21 bits per heavy atom. The Kier molecular flexibility index (Phi) is 5.37. The predicted octanol–water partition coefficient (Wildman–Crippen LogP) is 3.44. The molecule has 0 bridgehead atoms. The van der Waals surface area contributed by atoms with E-state index < -0.39 is 0 Å². The molecular formula is C22H23N5O2. The monoisotopic (exact) mass is 389 g/mol. The van der Waals surface area contributed by atoms with Gasteiger partial charge in [0.15, 0.2) is 0 Å². The molecule has 1 fully saturated rings. The molecule has 2 heterocycles. The molecule has 3 aromatic rings. The molecule has 0 unspecified atom stereocenters. The number of fused-ring (bicyclic) bond motifs is 1. The summed E-state index contributed by atoms with van der Waals surface area (Å²) in [7, 11) is 0. The van der Waals surface area contributed by atoms with Crippen LogP contribution in [0.2, 0.25) is 0 Å². The lowest BCUT2D eigenvalue weighted by molar-refractivity contribution is -0.120. The van der Waals surface area contributed by atoms with Crippen molar-refractivity contribution in [1.29, 1.82) is 0 Å². The molecule has 7 nitrogen and oxygen atoms in total. The predicted molar refractivity (Wildman–Crippen MR) is 114 cm³/mol. The van der Waals surface area contributed by atoms with Crippen molar-refractivity contribution in [3.05, 3.63) is 54.7 Å². The summed E-state index contributed by atoms with van der Waals surface area (Å²) < 4.78 is 0. The van der Waals surface area contributed by atoms with Gasteiger partial charge in [0.2, 0.25) is 11.8 Å². The molecule has 2 N–H and O–H groups in total. The van der Waals surface area contributed by atoms with Gasteiger partial charge in [-0.3, -0.25) is 14.6 Å². The third-order valence-corrected chi connectivity index (χ3v) is 5.10. The SMILES string of the molecule is CC(=O)Nc1ccc(NC(=O)C2CCN(c3cnc4ccccc4n3)CC2)cc1. The Hall–Kier alpha value is -3.48. The molecule has 0 aliphatic carbocycles. The van der Waals surface area contributed by atoms with Gasteiger partial charge in [-0.15, -0.1) is 0 Å². The van der Waals surface area contributed by atoms with Gasteiger partial charge in [0, 0.05) is 37.3 Å². The molecule has 148 valence electrons. The highest BCUT2D eigenvalue weighted by molar-refractivity contribution is 5.93. The highest BCUT2D eigenvalue weighted by Gasteiger charge is 2.26. The minimum atomic E-state index is -0.121. The van der Waals surface area contributed by atoms with Crippen LogP contribution in [0.5, 0.6) is 0 Å². The van der Waals surface area contributed by atoms with Gasteiger partial charge in [0.05, 0.1) is 17.2 Å². The number of carbonyl (C=O) groups is 2. The molecule has 0 atom stereocenters. The summed E-state index contributed by atoms with van der Waals surface area (Å²) in [5.74, 6) is 0.733. The van der Waals surface area contributed by atoms with Gasteiger partial charge in [0.1, 0.15) is 5.82 Å². The number of carbonyl (C=O) groups excluding carboxylic acids is 2. The second-order valence-corrected chi connectivity index (χ2v) is 7.23. The second-order valence-electron chi connectivity index (χ2n) is 7.23. The normalized spacial score (nSPS) is 14.6. The summed E-state index contributed by atoms with van der Waals surface area (Å²) >= 11 is 0. The highest BCUT2D eigenvalue weighted by Crippen LogP contribution is 2.24. The van der Waals surface area contributed by atoms with Crippen LogP contribution in [0, 0.1) is 5.92 Å². The van der Waals surface area contributed by atoms with E-state index in [1.54, 1.807) is 30.5 Å². The first-order valence-corrected chi connectivity index (χ1v) is 9.74. The average Bonchev–Trinajstić information content (AvgIpc) is 2.74. The van der Waals surface area contributed by atoms with Crippen LogP contribution in [0.3, 0.4) is 0 Å². The molecule has 2 amide bonds. The molecule has 1 aliphatic heterocycles. The lowest BCUT2D eigenvalue weighted by atomic mass is 9.96. The number of benzene rings is 2. The summed E-state index contributed by atoms with van der Waals surface area (Å²) in [6.07, 6.45) is 3.34. The van der Waals surface area contributed by atoms with Crippen LogP contribution in [-0.2, 0) is 9.59 Å². The molecule has 1 aromatic heterocycles. The van der Waals surface area contributed by atoms with Crippen molar-refractivity contribution in [1.82, 2.24) is 9.97 Å². The van der Waals surface area contributed by atoms with Crippen molar-refractivity contribution in [2.45, 2.75) is 19.8 Å². The largest absolute Gasteiger partial charge is 0.355 e. The summed E-state index contributed by atoms with van der Waals surface area (Å²) in [5, 5.41) is 5.68. The molecular weight excluding hydrogens is 366 g/mol. The maximum absolute atomic E-state index is 12.6. The maximum atomic E-state index is 12.6. The highest BCUT2D eigenvalue weighted by atomic mass is 16.2. The van der Waals surface area contributed by atoms with E-state index in [9.17, 15) is 9.59 Å². The standard InChI is InChI=1S/C22H23N5O2/c1-15(28)24-17-6-8-18(9-7-17)25-22(29)16-10-12-27(13-11-16)21-14-23-19-4-2-3-5-20(19)26-21/h2-9,14,16H,10-13H2,1H3,(H,24,28)(H,25,29). The summed E-state index contributed by atoms with van der Waals surface area (Å²) in [5.41, 5.74) is 3.20. The number of para-hydroxylation sites is 2. The van der Waals surface area contributed by atoms with E-state index in [0.29, 0.717) is 5.69 Å². The van der Waals surface area contributed by atoms with Gasteiger partial charge in [-0.25, -0.2) is 4.98 Å². The van der Waals surface area contributed by atoms with Crippen LogP contribution in [0.4, 0.5) is 17.2 Å². The number of anilines is 3. The topological polar surface area (TPSA) is 87.2 Å². The van der Waals surface area contributed by atoms with Gasteiger partial charge in [-0.2, -0.15) is 0 Å². The molecule has 1 aliphatic rings. The van der Waals surface area contributed by atoms with E-state index in [0.717, 1.165) is 48.5 Å². The fraction of sp³-hybridized carbons (Fsp3) is 0.273. The van der Waals surface area contributed by atoms with Crippen LogP contribution in [-0.4, -0.2) is 34.9 Å². The summed E-state index contributed by atoms with van der Waals surface area (Å²) in [6.45, 7) is 3.00. The quantitative estimate of drug-likeness (QED) is 0.714. The molecule has 2 aromatic carbocycles. The van der Waals surface area contributed by atoms with Crippen molar-refractivity contribution < 1.29 is 9.59 Å². The van der Waals surface area contributed by atoms with E-state index >= 15 is 0 Å². The number of hydrogen-bond donors (Lipinski definition) is 2. The van der Waals surface area contributed by atoms with E-state index in [1.807, 2.05) is 24.3 Å². The number of piperidine rings is 1. The van der Waals surface area contributed by atoms with Gasteiger partial charge in [-0.1, -0.05) is 12.1 Å². The van der Waals surface area contributed by atoms with Crippen molar-refractivity contribution in [3.63, 3.8) is 0 Å². The van der Waals surface area contributed by atoms with Crippen molar-refractivity contribution in [3.8, 4) is 0 Å². The zero-order valence-electron chi connectivity index (χ0n) is 16.3. The van der Waals surface area contributed by atoms with Crippen LogP contribution < -0.4 is 15.5 Å². The Balaban J connectivity index is 1.33. The first kappa shape index (κ1) is 18.9. The van der Waals surface area contributed by atoms with Crippen molar-refractivity contribution >= 4 is 40.0 Å². The number of nitrogens with zero attached hydrogens (tertiary/aromatic N) is 3. The van der Waals surface area contributed by atoms with E-state index in [2.05, 4.69) is 20.5 Å². The van der Waals surface area contributed by atoms with Crippen molar-refractivity contribution in [2.24, 2.45) is 5.92 Å². The Labute approximate surface area is 169 Å². The van der Waals surface area contributed by atoms with Gasteiger partial charge < -0.3 is 15.5 Å². The van der Waals surface area contributed by atoms with Gasteiger partial charge >= 0.3 is 0 Å². The van der Waals surface area contributed by atoms with Crippen LogP contribution in [0.15, 0.2) is 54.7 Å². The van der Waals surface area contributed by atoms with E-state index in [4.69, 9.17) is 4.98 Å². The lowest BCUT2D eigenvalue weighted by Gasteiger charge is -2.32.